The molecule has 5 nitrogen and oxygen atoms in total. The zero-order valence-corrected chi connectivity index (χ0v) is 17.4. The van der Waals surface area contributed by atoms with Crippen molar-refractivity contribution in [3.05, 3.63) is 64.0 Å². The molecular formula is C25H24O5. The van der Waals surface area contributed by atoms with Crippen molar-refractivity contribution in [3.63, 3.8) is 0 Å². The molecule has 3 aromatic rings. The zero-order chi connectivity index (χ0) is 21.2. The van der Waals surface area contributed by atoms with Crippen LogP contribution in [-0.4, -0.2) is 16.8 Å². The Balaban J connectivity index is 1.97. The summed E-state index contributed by atoms with van der Waals surface area (Å²) < 4.78 is 18.3. The van der Waals surface area contributed by atoms with Crippen molar-refractivity contribution in [1.82, 2.24) is 0 Å². The van der Waals surface area contributed by atoms with E-state index in [1.807, 2.05) is 70.2 Å². The van der Waals surface area contributed by atoms with Crippen LogP contribution in [0.15, 0.2) is 51.7 Å². The molecule has 0 fully saturated rings. The number of rotatable bonds is 1. The molecule has 3 atom stereocenters. The second kappa shape index (κ2) is 6.47. The van der Waals surface area contributed by atoms with Gasteiger partial charge < -0.3 is 19.0 Å². The fourth-order valence-corrected chi connectivity index (χ4v) is 4.29. The van der Waals surface area contributed by atoms with Crippen molar-refractivity contribution in [1.29, 1.82) is 0 Å². The summed E-state index contributed by atoms with van der Waals surface area (Å²) in [5.74, 6) is 0.924. The Hall–Kier alpha value is -3.05. The van der Waals surface area contributed by atoms with Gasteiger partial charge in [-0.25, -0.2) is 4.79 Å². The lowest BCUT2D eigenvalue weighted by Gasteiger charge is -2.38. The van der Waals surface area contributed by atoms with Gasteiger partial charge in [0, 0.05) is 17.5 Å². The fraction of sp³-hybridized carbons (Fsp3) is 0.320. The molecule has 30 heavy (non-hydrogen) atoms. The lowest BCUT2D eigenvalue weighted by molar-refractivity contribution is 0.0140. The van der Waals surface area contributed by atoms with E-state index in [-0.39, 0.29) is 12.0 Å². The minimum Gasteiger partial charge on any atom is -0.489 e. The van der Waals surface area contributed by atoms with Gasteiger partial charge in [0.25, 0.3) is 0 Å². The highest BCUT2D eigenvalue weighted by Gasteiger charge is 2.40. The van der Waals surface area contributed by atoms with Gasteiger partial charge in [-0.05, 0) is 38.5 Å². The molecule has 0 saturated carbocycles. The minimum absolute atomic E-state index is 0.118. The van der Waals surface area contributed by atoms with Crippen LogP contribution in [0.5, 0.6) is 11.5 Å². The molecule has 0 radical (unpaired) electrons. The first kappa shape index (κ1) is 18.9. The van der Waals surface area contributed by atoms with Crippen LogP contribution in [0.2, 0.25) is 0 Å². The van der Waals surface area contributed by atoms with Crippen LogP contribution in [0, 0.1) is 5.92 Å². The second-order valence-corrected chi connectivity index (χ2v) is 8.70. The van der Waals surface area contributed by atoms with Crippen molar-refractivity contribution in [3.8, 4) is 22.6 Å². The maximum absolute atomic E-state index is 12.5. The van der Waals surface area contributed by atoms with Crippen molar-refractivity contribution < 1.29 is 19.0 Å². The Morgan fingerprint density at radius 3 is 2.53 bits per heavy atom. The molecule has 2 aromatic carbocycles. The van der Waals surface area contributed by atoms with Gasteiger partial charge in [-0.3, -0.25) is 0 Å². The lowest BCUT2D eigenvalue weighted by Crippen LogP contribution is -2.35. The first-order valence-electron chi connectivity index (χ1n) is 10.2. The molecule has 2 aliphatic rings. The van der Waals surface area contributed by atoms with E-state index in [1.54, 1.807) is 0 Å². The molecule has 0 bridgehead atoms. The molecule has 2 aliphatic heterocycles. The van der Waals surface area contributed by atoms with E-state index < -0.39 is 17.3 Å². The normalized spacial score (nSPS) is 24.0. The van der Waals surface area contributed by atoms with E-state index in [4.69, 9.17) is 13.9 Å². The number of hydrogen-bond donors (Lipinski definition) is 1. The van der Waals surface area contributed by atoms with Crippen LogP contribution in [-0.2, 0) is 0 Å². The van der Waals surface area contributed by atoms with E-state index in [0.717, 1.165) is 5.56 Å². The van der Waals surface area contributed by atoms with Crippen LogP contribution in [0.1, 0.15) is 44.9 Å². The highest BCUT2D eigenvalue weighted by molar-refractivity contribution is 6.04. The van der Waals surface area contributed by atoms with Crippen LogP contribution in [0.25, 0.3) is 28.2 Å². The number of ether oxygens (including phenoxy) is 2. The summed E-state index contributed by atoms with van der Waals surface area (Å²) in [5, 5.41) is 11.9. The smallest absolute Gasteiger partial charge is 0.336 e. The van der Waals surface area contributed by atoms with Gasteiger partial charge >= 0.3 is 5.63 Å². The zero-order valence-electron chi connectivity index (χ0n) is 17.4. The third-order valence-electron chi connectivity index (χ3n) is 6.11. The molecule has 0 aliphatic carbocycles. The van der Waals surface area contributed by atoms with Crippen molar-refractivity contribution in [2.45, 2.75) is 45.5 Å². The number of fused-ring (bicyclic) bond motifs is 6. The van der Waals surface area contributed by atoms with Gasteiger partial charge in [0.1, 0.15) is 23.2 Å². The molecule has 0 saturated heterocycles. The Kier molecular flexibility index (Phi) is 4.09. The molecular weight excluding hydrogens is 380 g/mol. The quantitative estimate of drug-likeness (QED) is 0.572. The number of aliphatic hydroxyl groups is 1. The molecule has 5 heteroatoms. The molecule has 0 unspecified atom stereocenters. The molecule has 0 spiro atoms. The van der Waals surface area contributed by atoms with Crippen LogP contribution >= 0.6 is 0 Å². The molecule has 154 valence electrons. The number of benzene rings is 2. The summed E-state index contributed by atoms with van der Waals surface area (Å²) in [6, 6.07) is 11.2. The first-order chi connectivity index (χ1) is 14.3. The Morgan fingerprint density at radius 1 is 1.07 bits per heavy atom. The van der Waals surface area contributed by atoms with Crippen LogP contribution < -0.4 is 15.1 Å². The topological polar surface area (TPSA) is 68.9 Å². The highest BCUT2D eigenvalue weighted by Crippen LogP contribution is 2.53. The second-order valence-electron chi connectivity index (χ2n) is 8.70. The SMILES string of the molecule is C[C@@H]1[C@H](C)Oc2c(c3c(c4oc(=O)cc(-c5ccccc5)c24)C=CC(C)(C)O3)[C@@H]1O. The summed E-state index contributed by atoms with van der Waals surface area (Å²) >= 11 is 0. The number of hydrogen-bond acceptors (Lipinski definition) is 5. The van der Waals surface area contributed by atoms with Gasteiger partial charge in [-0.1, -0.05) is 37.3 Å². The van der Waals surface area contributed by atoms with Crippen LogP contribution in [0.3, 0.4) is 0 Å². The minimum atomic E-state index is -0.764. The fourth-order valence-electron chi connectivity index (χ4n) is 4.29. The summed E-state index contributed by atoms with van der Waals surface area (Å²) in [7, 11) is 0. The Morgan fingerprint density at radius 2 is 1.80 bits per heavy atom. The summed E-state index contributed by atoms with van der Waals surface area (Å²) in [6.45, 7) is 7.79. The summed E-state index contributed by atoms with van der Waals surface area (Å²) in [4.78, 5) is 12.5. The van der Waals surface area contributed by atoms with Crippen molar-refractivity contribution in [2.75, 3.05) is 0 Å². The van der Waals surface area contributed by atoms with E-state index in [1.165, 1.54) is 6.07 Å². The maximum Gasteiger partial charge on any atom is 0.336 e. The van der Waals surface area contributed by atoms with Crippen molar-refractivity contribution >= 4 is 17.0 Å². The van der Waals surface area contributed by atoms with Crippen molar-refractivity contribution in [2.24, 2.45) is 5.92 Å². The molecule has 3 heterocycles. The molecule has 1 N–H and O–H groups in total. The highest BCUT2D eigenvalue weighted by atomic mass is 16.5. The van der Waals surface area contributed by atoms with E-state index >= 15 is 0 Å². The molecule has 0 amide bonds. The average molecular weight is 404 g/mol. The number of aliphatic hydroxyl groups excluding tert-OH is 1. The predicted molar refractivity (Wildman–Crippen MR) is 116 cm³/mol. The summed E-state index contributed by atoms with van der Waals surface area (Å²) in [6.07, 6.45) is 2.86. The largest absolute Gasteiger partial charge is 0.489 e. The van der Waals surface area contributed by atoms with E-state index in [0.29, 0.717) is 39.2 Å². The average Bonchev–Trinajstić information content (AvgIpc) is 2.71. The monoisotopic (exact) mass is 404 g/mol. The van der Waals surface area contributed by atoms with Gasteiger partial charge in [-0.2, -0.15) is 0 Å². The third-order valence-corrected chi connectivity index (χ3v) is 6.11. The summed E-state index contributed by atoms with van der Waals surface area (Å²) in [5.41, 5.74) is 2.28. The lowest BCUT2D eigenvalue weighted by atomic mass is 9.84. The van der Waals surface area contributed by atoms with Gasteiger partial charge in [-0.15, -0.1) is 0 Å². The molecule has 1 aromatic heterocycles. The Bertz CT molecular complexity index is 1240. The molecule has 5 rings (SSSR count). The third kappa shape index (κ3) is 2.76. The van der Waals surface area contributed by atoms with Gasteiger partial charge in [0.15, 0.2) is 5.58 Å². The first-order valence-corrected chi connectivity index (χ1v) is 10.2. The maximum atomic E-state index is 12.5. The Labute approximate surface area is 174 Å². The van der Waals surface area contributed by atoms with E-state index in [9.17, 15) is 9.90 Å². The van der Waals surface area contributed by atoms with Crippen LogP contribution in [0.4, 0.5) is 0 Å². The van der Waals surface area contributed by atoms with E-state index in [2.05, 4.69) is 0 Å². The predicted octanol–water partition coefficient (Wildman–Crippen LogP) is 5.09. The standard InChI is InChI=1S/C25H24O5/c1-13-14(2)28-24-19-17(15-8-6-5-7-9-15)12-18(26)29-22(19)16-10-11-25(3,4)30-23(16)20(24)21(13)27/h5-14,21,27H,1-4H3/t13-,14+,21-/m1/s1. The van der Waals surface area contributed by atoms with Gasteiger partial charge in [0.2, 0.25) is 0 Å². The van der Waals surface area contributed by atoms with Gasteiger partial charge in [0.05, 0.1) is 22.6 Å².